The Balaban J connectivity index is 1.69. The standard InChI is InChI=1S/C23H24N4O2/c1-15-12-18(11-10-17(15)9-8-16(2)28)23(29)27-14-19-13-24-26(3)22(19)25-20-6-4-5-7-21(20)27/h4-7,10-13,25H,8-9,14H2,1-3H3. The van der Waals surface area contributed by atoms with Crippen LogP contribution in [0.1, 0.15) is 40.4 Å². The molecule has 0 bridgehead atoms. The monoisotopic (exact) mass is 388 g/mol. The van der Waals surface area contributed by atoms with Crippen molar-refractivity contribution in [2.75, 3.05) is 10.2 Å². The van der Waals surface area contributed by atoms with Gasteiger partial charge in [-0.3, -0.25) is 9.48 Å². The molecule has 1 amide bonds. The van der Waals surface area contributed by atoms with Crippen LogP contribution in [0.2, 0.25) is 0 Å². The van der Waals surface area contributed by atoms with Gasteiger partial charge in [-0.05, 0) is 55.7 Å². The molecule has 1 aliphatic rings. The van der Waals surface area contributed by atoms with Crippen molar-refractivity contribution < 1.29 is 9.59 Å². The summed E-state index contributed by atoms with van der Waals surface area (Å²) in [6, 6.07) is 13.5. The molecular formula is C23H24N4O2. The van der Waals surface area contributed by atoms with Gasteiger partial charge in [0.25, 0.3) is 5.91 Å². The van der Waals surface area contributed by atoms with E-state index < -0.39 is 0 Å². The Hall–Kier alpha value is -3.41. The fourth-order valence-electron chi connectivity index (χ4n) is 3.71. The first-order valence-corrected chi connectivity index (χ1v) is 9.72. The lowest BCUT2D eigenvalue weighted by atomic mass is 9.99. The summed E-state index contributed by atoms with van der Waals surface area (Å²) in [6.45, 7) is 4.03. The first-order chi connectivity index (χ1) is 13.9. The summed E-state index contributed by atoms with van der Waals surface area (Å²) in [5.74, 6) is 1.01. The number of aryl methyl sites for hydroxylation is 3. The quantitative estimate of drug-likeness (QED) is 0.729. The lowest BCUT2D eigenvalue weighted by molar-refractivity contribution is -0.116. The Morgan fingerprint density at radius 2 is 1.97 bits per heavy atom. The summed E-state index contributed by atoms with van der Waals surface area (Å²) < 4.78 is 1.79. The van der Waals surface area contributed by atoms with E-state index in [0.29, 0.717) is 24.9 Å². The van der Waals surface area contributed by atoms with Gasteiger partial charge in [0.05, 0.1) is 24.1 Å². The normalized spacial score (nSPS) is 12.6. The van der Waals surface area contributed by atoms with Crippen molar-refractivity contribution in [1.82, 2.24) is 9.78 Å². The third-order valence-electron chi connectivity index (χ3n) is 5.37. The average molecular weight is 388 g/mol. The molecule has 0 fully saturated rings. The maximum absolute atomic E-state index is 13.5. The number of fused-ring (bicyclic) bond motifs is 2. The molecule has 0 atom stereocenters. The summed E-state index contributed by atoms with van der Waals surface area (Å²) in [7, 11) is 1.88. The third kappa shape index (κ3) is 3.66. The van der Waals surface area contributed by atoms with E-state index in [4.69, 9.17) is 0 Å². The molecule has 0 unspecified atom stereocenters. The van der Waals surface area contributed by atoms with Crippen molar-refractivity contribution in [3.8, 4) is 0 Å². The SMILES string of the molecule is CC(=O)CCc1ccc(C(=O)N2Cc3cnn(C)c3Nc3ccccc32)cc1C. The number of ketones is 1. The number of benzene rings is 2. The van der Waals surface area contributed by atoms with Crippen molar-refractivity contribution >= 4 is 28.9 Å². The second-order valence-corrected chi connectivity index (χ2v) is 7.52. The van der Waals surface area contributed by atoms with Crippen molar-refractivity contribution in [3.63, 3.8) is 0 Å². The minimum absolute atomic E-state index is 0.0582. The van der Waals surface area contributed by atoms with E-state index in [2.05, 4.69) is 10.4 Å². The fourth-order valence-corrected chi connectivity index (χ4v) is 3.71. The van der Waals surface area contributed by atoms with Gasteiger partial charge in [0.2, 0.25) is 0 Å². The molecule has 0 saturated heterocycles. The van der Waals surface area contributed by atoms with Crippen LogP contribution in [0.5, 0.6) is 0 Å². The van der Waals surface area contributed by atoms with Gasteiger partial charge < -0.3 is 15.0 Å². The maximum Gasteiger partial charge on any atom is 0.258 e. The van der Waals surface area contributed by atoms with Crippen molar-refractivity contribution in [1.29, 1.82) is 0 Å². The van der Waals surface area contributed by atoms with E-state index in [1.165, 1.54) is 0 Å². The number of aromatic nitrogens is 2. The molecule has 2 heterocycles. The zero-order valence-electron chi connectivity index (χ0n) is 16.9. The minimum Gasteiger partial charge on any atom is -0.338 e. The van der Waals surface area contributed by atoms with Gasteiger partial charge in [-0.15, -0.1) is 0 Å². The summed E-state index contributed by atoms with van der Waals surface area (Å²) >= 11 is 0. The molecule has 3 aromatic rings. The summed E-state index contributed by atoms with van der Waals surface area (Å²) in [6.07, 6.45) is 3.01. The van der Waals surface area contributed by atoms with Gasteiger partial charge in [0, 0.05) is 24.6 Å². The number of carbonyl (C=O) groups is 2. The van der Waals surface area contributed by atoms with Crippen molar-refractivity contribution in [2.45, 2.75) is 33.2 Å². The second kappa shape index (κ2) is 7.54. The van der Waals surface area contributed by atoms with Gasteiger partial charge in [-0.2, -0.15) is 5.10 Å². The van der Waals surface area contributed by atoms with Crippen LogP contribution in [-0.4, -0.2) is 21.5 Å². The zero-order valence-corrected chi connectivity index (χ0v) is 16.9. The molecule has 29 heavy (non-hydrogen) atoms. The number of nitrogens with one attached hydrogen (secondary N) is 1. The summed E-state index contributed by atoms with van der Waals surface area (Å²) in [5.41, 5.74) is 5.44. The van der Waals surface area contributed by atoms with Crippen LogP contribution >= 0.6 is 0 Å². The topological polar surface area (TPSA) is 67.2 Å². The predicted octanol–water partition coefficient (Wildman–Crippen LogP) is 4.15. The van der Waals surface area contributed by atoms with E-state index in [-0.39, 0.29) is 11.7 Å². The molecular weight excluding hydrogens is 364 g/mol. The van der Waals surface area contributed by atoms with E-state index >= 15 is 0 Å². The average Bonchev–Trinajstić information content (AvgIpc) is 2.95. The molecule has 4 rings (SSSR count). The van der Waals surface area contributed by atoms with E-state index in [0.717, 1.165) is 33.9 Å². The highest BCUT2D eigenvalue weighted by molar-refractivity contribution is 6.08. The van der Waals surface area contributed by atoms with Gasteiger partial charge >= 0.3 is 0 Å². The molecule has 1 aliphatic heterocycles. The van der Waals surface area contributed by atoms with Gasteiger partial charge in [0.1, 0.15) is 11.6 Å². The highest BCUT2D eigenvalue weighted by Crippen LogP contribution is 2.36. The predicted molar refractivity (Wildman–Crippen MR) is 114 cm³/mol. The zero-order chi connectivity index (χ0) is 20.5. The van der Waals surface area contributed by atoms with Crippen molar-refractivity contribution in [2.24, 2.45) is 7.05 Å². The number of amides is 1. The highest BCUT2D eigenvalue weighted by Gasteiger charge is 2.26. The molecule has 1 aromatic heterocycles. The highest BCUT2D eigenvalue weighted by atomic mass is 16.2. The minimum atomic E-state index is -0.0582. The number of Topliss-reactive ketones (excluding diaryl/α,β-unsaturated/α-hetero) is 1. The van der Waals surface area contributed by atoms with Crippen molar-refractivity contribution in [3.05, 3.63) is 70.9 Å². The third-order valence-corrected chi connectivity index (χ3v) is 5.37. The Morgan fingerprint density at radius 1 is 1.17 bits per heavy atom. The molecule has 6 nitrogen and oxygen atoms in total. The van der Waals surface area contributed by atoms with Crippen LogP contribution in [0.25, 0.3) is 0 Å². The van der Waals surface area contributed by atoms with E-state index in [1.807, 2.05) is 56.4 Å². The largest absolute Gasteiger partial charge is 0.338 e. The molecule has 148 valence electrons. The lowest BCUT2D eigenvalue weighted by Crippen LogP contribution is -2.30. The Bertz CT molecular complexity index is 1100. The molecule has 6 heteroatoms. The second-order valence-electron chi connectivity index (χ2n) is 7.52. The maximum atomic E-state index is 13.5. The fraction of sp³-hybridized carbons (Fsp3) is 0.261. The number of hydrogen-bond acceptors (Lipinski definition) is 4. The number of para-hydroxylation sites is 2. The number of nitrogens with zero attached hydrogens (tertiary/aromatic N) is 3. The number of anilines is 3. The van der Waals surface area contributed by atoms with Crippen LogP contribution < -0.4 is 10.2 Å². The smallest absolute Gasteiger partial charge is 0.258 e. The van der Waals surface area contributed by atoms with Crippen LogP contribution in [0, 0.1) is 6.92 Å². The molecule has 1 N–H and O–H groups in total. The number of hydrogen-bond donors (Lipinski definition) is 1. The van der Waals surface area contributed by atoms with Crippen LogP contribution in [-0.2, 0) is 24.8 Å². The van der Waals surface area contributed by atoms with Crippen LogP contribution in [0.15, 0.2) is 48.7 Å². The molecule has 0 spiro atoms. The number of carbonyl (C=O) groups excluding carboxylic acids is 2. The van der Waals surface area contributed by atoms with E-state index in [1.54, 1.807) is 22.7 Å². The van der Waals surface area contributed by atoms with Crippen LogP contribution in [0.4, 0.5) is 17.2 Å². The van der Waals surface area contributed by atoms with Gasteiger partial charge in [-0.1, -0.05) is 18.2 Å². The molecule has 0 radical (unpaired) electrons. The Morgan fingerprint density at radius 3 is 2.72 bits per heavy atom. The molecule has 0 aliphatic carbocycles. The van der Waals surface area contributed by atoms with Crippen LogP contribution in [0.3, 0.4) is 0 Å². The number of rotatable bonds is 4. The Labute approximate surface area is 170 Å². The lowest BCUT2D eigenvalue weighted by Gasteiger charge is -2.23. The summed E-state index contributed by atoms with van der Waals surface area (Å²) in [4.78, 5) is 26.6. The first kappa shape index (κ1) is 18.9. The van der Waals surface area contributed by atoms with E-state index in [9.17, 15) is 9.59 Å². The van der Waals surface area contributed by atoms with Gasteiger partial charge in [-0.25, -0.2) is 0 Å². The van der Waals surface area contributed by atoms with Gasteiger partial charge in [0.15, 0.2) is 0 Å². The molecule has 0 saturated carbocycles. The summed E-state index contributed by atoms with van der Waals surface area (Å²) in [5, 5.41) is 7.74. The molecule has 2 aromatic carbocycles. The first-order valence-electron chi connectivity index (χ1n) is 9.72. The Kier molecular flexibility index (Phi) is 4.92.